The molecule has 1 amide bonds. The fourth-order valence-corrected chi connectivity index (χ4v) is 4.26. The molecule has 2 heterocycles. The number of aromatic nitrogens is 2. The standard InChI is InChI=1S/C23H22F2N4O3S/c1-32-20-7-6-16(10-18(20)25)26-21(30)13-33-23-27-19-8-9-29(12-17(19)22(31)28-23)11-14-2-4-15(24)5-3-14/h2-7,10H,8-9,11-13H2,1H3,(H,26,30)(H,27,28,31). The first-order valence-corrected chi connectivity index (χ1v) is 11.2. The normalized spacial score (nSPS) is 13.4. The number of hydrogen-bond donors (Lipinski definition) is 2. The van der Waals surface area contributed by atoms with E-state index in [1.807, 2.05) is 0 Å². The van der Waals surface area contributed by atoms with Gasteiger partial charge in [0.2, 0.25) is 5.91 Å². The summed E-state index contributed by atoms with van der Waals surface area (Å²) in [5.74, 6) is -1.10. The van der Waals surface area contributed by atoms with Crippen LogP contribution >= 0.6 is 11.8 Å². The second-order valence-electron chi connectivity index (χ2n) is 7.57. The van der Waals surface area contributed by atoms with E-state index >= 15 is 0 Å². The Hall–Kier alpha value is -3.24. The van der Waals surface area contributed by atoms with E-state index in [4.69, 9.17) is 4.74 Å². The average Bonchev–Trinajstić information content (AvgIpc) is 2.80. The molecule has 10 heteroatoms. The number of anilines is 1. The zero-order chi connectivity index (χ0) is 23.4. The Morgan fingerprint density at radius 3 is 2.76 bits per heavy atom. The molecule has 33 heavy (non-hydrogen) atoms. The van der Waals surface area contributed by atoms with Crippen LogP contribution in [-0.2, 0) is 24.3 Å². The average molecular weight is 473 g/mol. The molecule has 1 aliphatic rings. The molecule has 0 fully saturated rings. The first-order chi connectivity index (χ1) is 15.9. The second-order valence-corrected chi connectivity index (χ2v) is 8.53. The van der Waals surface area contributed by atoms with E-state index in [2.05, 4.69) is 20.2 Å². The molecule has 3 aromatic rings. The highest BCUT2D eigenvalue weighted by Gasteiger charge is 2.21. The van der Waals surface area contributed by atoms with Crippen LogP contribution in [0.15, 0.2) is 52.4 Å². The van der Waals surface area contributed by atoms with Gasteiger partial charge in [0, 0.05) is 37.8 Å². The number of hydrogen-bond acceptors (Lipinski definition) is 6. The number of carbonyl (C=O) groups excluding carboxylic acids is 1. The van der Waals surface area contributed by atoms with E-state index in [1.165, 1.54) is 31.4 Å². The molecule has 7 nitrogen and oxygen atoms in total. The summed E-state index contributed by atoms with van der Waals surface area (Å²) in [7, 11) is 1.36. The number of amides is 1. The number of halogens is 2. The highest BCUT2D eigenvalue weighted by molar-refractivity contribution is 7.99. The van der Waals surface area contributed by atoms with E-state index in [9.17, 15) is 18.4 Å². The first kappa shape index (κ1) is 22.9. The monoisotopic (exact) mass is 472 g/mol. The number of H-pyrrole nitrogens is 1. The van der Waals surface area contributed by atoms with Gasteiger partial charge in [0.25, 0.3) is 5.56 Å². The molecule has 2 aromatic carbocycles. The maximum Gasteiger partial charge on any atom is 0.256 e. The zero-order valence-electron chi connectivity index (χ0n) is 17.9. The molecular weight excluding hydrogens is 450 g/mol. The van der Waals surface area contributed by atoms with Gasteiger partial charge in [-0.3, -0.25) is 14.5 Å². The Labute approximate surface area is 193 Å². The van der Waals surface area contributed by atoms with E-state index in [0.29, 0.717) is 48.2 Å². The number of nitrogens with one attached hydrogen (secondary N) is 2. The van der Waals surface area contributed by atoms with Gasteiger partial charge in [-0.1, -0.05) is 23.9 Å². The van der Waals surface area contributed by atoms with Crippen LogP contribution in [0.2, 0.25) is 0 Å². The van der Waals surface area contributed by atoms with E-state index in [1.54, 1.807) is 18.2 Å². The summed E-state index contributed by atoms with van der Waals surface area (Å²) in [5, 5.41) is 2.97. The largest absolute Gasteiger partial charge is 0.494 e. The van der Waals surface area contributed by atoms with Crippen molar-refractivity contribution >= 4 is 23.4 Å². The van der Waals surface area contributed by atoms with Crippen molar-refractivity contribution in [2.75, 3.05) is 24.7 Å². The third kappa shape index (κ3) is 5.77. The van der Waals surface area contributed by atoms with E-state index < -0.39 is 5.82 Å². The van der Waals surface area contributed by atoms with Gasteiger partial charge >= 0.3 is 0 Å². The Morgan fingerprint density at radius 2 is 2.03 bits per heavy atom. The second kappa shape index (κ2) is 10.1. The number of thioether (sulfide) groups is 1. The molecule has 1 aromatic heterocycles. The van der Waals surface area contributed by atoms with Crippen LogP contribution in [0.25, 0.3) is 0 Å². The fourth-order valence-electron chi connectivity index (χ4n) is 3.58. The summed E-state index contributed by atoms with van der Waals surface area (Å²) in [4.78, 5) is 34.2. The summed E-state index contributed by atoms with van der Waals surface area (Å²) in [6.45, 7) is 1.78. The number of fused-ring (bicyclic) bond motifs is 1. The molecule has 2 N–H and O–H groups in total. The predicted octanol–water partition coefficient (Wildman–Crippen LogP) is 3.35. The van der Waals surface area contributed by atoms with Crippen molar-refractivity contribution in [1.82, 2.24) is 14.9 Å². The minimum atomic E-state index is -0.572. The summed E-state index contributed by atoms with van der Waals surface area (Å²) >= 11 is 1.11. The van der Waals surface area contributed by atoms with Gasteiger partial charge < -0.3 is 15.0 Å². The van der Waals surface area contributed by atoms with Crippen molar-refractivity contribution in [1.29, 1.82) is 0 Å². The van der Waals surface area contributed by atoms with Crippen LogP contribution in [0, 0.1) is 11.6 Å². The van der Waals surface area contributed by atoms with Gasteiger partial charge in [-0.15, -0.1) is 0 Å². The number of carbonyl (C=O) groups is 1. The number of benzene rings is 2. The van der Waals surface area contributed by atoms with Gasteiger partial charge in [0.1, 0.15) is 5.82 Å². The minimum absolute atomic E-state index is 0.00602. The van der Waals surface area contributed by atoms with Crippen molar-refractivity contribution in [3.05, 3.63) is 81.3 Å². The first-order valence-electron chi connectivity index (χ1n) is 10.3. The maximum absolute atomic E-state index is 13.8. The van der Waals surface area contributed by atoms with Crippen molar-refractivity contribution in [2.24, 2.45) is 0 Å². The van der Waals surface area contributed by atoms with Crippen molar-refractivity contribution in [3.8, 4) is 5.75 Å². The maximum atomic E-state index is 13.8. The van der Waals surface area contributed by atoms with E-state index in [-0.39, 0.29) is 28.8 Å². The van der Waals surface area contributed by atoms with Gasteiger partial charge in [0.15, 0.2) is 16.7 Å². The molecule has 0 saturated heterocycles. The van der Waals surface area contributed by atoms with Gasteiger partial charge in [-0.05, 0) is 29.8 Å². The lowest BCUT2D eigenvalue weighted by Crippen LogP contribution is -2.35. The van der Waals surface area contributed by atoms with Crippen molar-refractivity contribution < 1.29 is 18.3 Å². The topological polar surface area (TPSA) is 87.3 Å². The molecule has 0 saturated carbocycles. The molecule has 0 atom stereocenters. The smallest absolute Gasteiger partial charge is 0.256 e. The Kier molecular flexibility index (Phi) is 7.05. The summed E-state index contributed by atoms with van der Waals surface area (Å²) in [6.07, 6.45) is 0.603. The van der Waals surface area contributed by atoms with Gasteiger partial charge in [-0.25, -0.2) is 13.8 Å². The zero-order valence-corrected chi connectivity index (χ0v) is 18.7. The molecule has 0 unspecified atom stereocenters. The fraction of sp³-hybridized carbons (Fsp3) is 0.261. The molecule has 172 valence electrons. The van der Waals surface area contributed by atoms with Gasteiger partial charge in [0.05, 0.1) is 24.1 Å². The Morgan fingerprint density at radius 1 is 1.24 bits per heavy atom. The predicted molar refractivity (Wildman–Crippen MR) is 121 cm³/mol. The van der Waals surface area contributed by atoms with Crippen LogP contribution in [0.4, 0.5) is 14.5 Å². The molecule has 0 bridgehead atoms. The third-order valence-corrected chi connectivity index (χ3v) is 6.09. The lowest BCUT2D eigenvalue weighted by atomic mass is 10.1. The molecule has 0 aliphatic carbocycles. The number of rotatable bonds is 7. The van der Waals surface area contributed by atoms with Crippen LogP contribution in [-0.4, -0.2) is 40.2 Å². The van der Waals surface area contributed by atoms with E-state index in [0.717, 1.165) is 17.3 Å². The molecular formula is C23H22F2N4O3S. The summed E-state index contributed by atoms with van der Waals surface area (Å²) in [6, 6.07) is 10.5. The Bertz CT molecular complexity index is 1220. The number of methoxy groups -OCH3 is 1. The van der Waals surface area contributed by atoms with Crippen molar-refractivity contribution in [3.63, 3.8) is 0 Å². The number of nitrogens with zero attached hydrogens (tertiary/aromatic N) is 2. The molecule has 0 radical (unpaired) electrons. The molecule has 1 aliphatic heterocycles. The highest BCUT2D eigenvalue weighted by atomic mass is 32.2. The molecule has 0 spiro atoms. The summed E-state index contributed by atoms with van der Waals surface area (Å²) < 4.78 is 31.7. The SMILES string of the molecule is COc1ccc(NC(=O)CSc2nc3c(c(=O)[nH]2)CN(Cc2ccc(F)cc2)CC3)cc1F. The number of ether oxygens (including phenoxy) is 1. The van der Waals surface area contributed by atoms with Crippen molar-refractivity contribution in [2.45, 2.75) is 24.7 Å². The van der Waals surface area contributed by atoms with Crippen LogP contribution in [0.1, 0.15) is 16.8 Å². The number of aromatic amines is 1. The van der Waals surface area contributed by atoms with Crippen LogP contribution < -0.4 is 15.6 Å². The van der Waals surface area contributed by atoms with Crippen LogP contribution in [0.5, 0.6) is 5.75 Å². The molecule has 4 rings (SSSR count). The van der Waals surface area contributed by atoms with Crippen LogP contribution in [0.3, 0.4) is 0 Å². The highest BCUT2D eigenvalue weighted by Crippen LogP contribution is 2.22. The quantitative estimate of drug-likeness (QED) is 0.405. The minimum Gasteiger partial charge on any atom is -0.494 e. The third-order valence-electron chi connectivity index (χ3n) is 5.22. The Balaban J connectivity index is 1.35. The lowest BCUT2D eigenvalue weighted by molar-refractivity contribution is -0.113. The summed E-state index contributed by atoms with van der Waals surface area (Å²) in [5.41, 5.74) is 2.37. The van der Waals surface area contributed by atoms with Gasteiger partial charge in [-0.2, -0.15) is 0 Å². The lowest BCUT2D eigenvalue weighted by Gasteiger charge is -2.27.